The van der Waals surface area contributed by atoms with E-state index in [0.717, 1.165) is 31.2 Å². The molecule has 7 nitrogen and oxygen atoms in total. The van der Waals surface area contributed by atoms with Gasteiger partial charge in [0.1, 0.15) is 19.0 Å². The van der Waals surface area contributed by atoms with Gasteiger partial charge in [-0.2, -0.15) is 0 Å². The van der Waals surface area contributed by atoms with Gasteiger partial charge >= 0.3 is 12.1 Å². The molecule has 2 unspecified atom stereocenters. The fraction of sp³-hybridized carbons (Fsp3) is 0.579. The molecule has 1 aliphatic rings. The van der Waals surface area contributed by atoms with Gasteiger partial charge < -0.3 is 14.0 Å². The Bertz CT molecular complexity index is 618. The standard InChI is InChI=1S/C19H28NO6P/c1-24-18(21)14-27(23)26-17(12-15-8-4-2-5-9-15)20-19(22)25-13-16-10-6-3-7-11-16/h3,6-7,10-11,15,17,27H,2,4-5,8-9,12-14H2,1H3,(H,20,22). The summed E-state index contributed by atoms with van der Waals surface area (Å²) in [5.74, 6) is -0.201. The lowest BCUT2D eigenvalue weighted by Crippen LogP contribution is -2.38. The lowest BCUT2D eigenvalue weighted by atomic mass is 9.86. The molecule has 0 aliphatic heterocycles. The zero-order valence-corrected chi connectivity index (χ0v) is 16.6. The van der Waals surface area contributed by atoms with E-state index in [0.29, 0.717) is 12.3 Å². The maximum absolute atomic E-state index is 12.1. The van der Waals surface area contributed by atoms with Gasteiger partial charge in [0.15, 0.2) is 0 Å². The number of carbonyl (C=O) groups is 2. The highest BCUT2D eigenvalue weighted by Crippen LogP contribution is 2.31. The molecule has 1 fully saturated rings. The minimum atomic E-state index is -2.66. The summed E-state index contributed by atoms with van der Waals surface area (Å²) >= 11 is 0. The van der Waals surface area contributed by atoms with Crippen molar-refractivity contribution in [3.8, 4) is 0 Å². The molecule has 1 aliphatic carbocycles. The van der Waals surface area contributed by atoms with Crippen molar-refractivity contribution in [2.24, 2.45) is 5.92 Å². The van der Waals surface area contributed by atoms with Crippen molar-refractivity contribution in [1.82, 2.24) is 5.32 Å². The molecule has 1 aromatic carbocycles. The Morgan fingerprint density at radius 2 is 1.89 bits per heavy atom. The van der Waals surface area contributed by atoms with Crippen molar-refractivity contribution in [2.45, 2.75) is 51.4 Å². The third kappa shape index (κ3) is 8.59. The quantitative estimate of drug-likeness (QED) is 0.386. The Balaban J connectivity index is 1.87. The molecule has 0 radical (unpaired) electrons. The van der Waals surface area contributed by atoms with Crippen LogP contribution in [0.25, 0.3) is 0 Å². The van der Waals surface area contributed by atoms with Crippen LogP contribution in [-0.4, -0.2) is 31.6 Å². The summed E-state index contributed by atoms with van der Waals surface area (Å²) in [4.78, 5) is 23.4. The number of hydrogen-bond donors (Lipinski definition) is 1. The highest BCUT2D eigenvalue weighted by atomic mass is 31.1. The van der Waals surface area contributed by atoms with Gasteiger partial charge in [-0.1, -0.05) is 62.4 Å². The molecular formula is C19H28NO6P. The molecular weight excluding hydrogens is 369 g/mol. The molecule has 1 N–H and O–H groups in total. The Labute approximate surface area is 160 Å². The lowest BCUT2D eigenvalue weighted by Gasteiger charge is -2.26. The summed E-state index contributed by atoms with van der Waals surface area (Å²) in [6.45, 7) is 0.139. The van der Waals surface area contributed by atoms with Crippen LogP contribution in [0.3, 0.4) is 0 Å². The molecule has 0 bridgehead atoms. The van der Waals surface area contributed by atoms with E-state index in [1.165, 1.54) is 13.5 Å². The molecule has 8 heteroatoms. The first kappa shape index (κ1) is 21.5. The van der Waals surface area contributed by atoms with E-state index in [1.807, 2.05) is 30.3 Å². The zero-order chi connectivity index (χ0) is 19.5. The number of carbonyl (C=O) groups excluding carboxylic acids is 2. The van der Waals surface area contributed by atoms with Gasteiger partial charge in [-0.05, 0) is 17.9 Å². The van der Waals surface area contributed by atoms with Crippen LogP contribution in [-0.2, 0) is 30.0 Å². The van der Waals surface area contributed by atoms with E-state index >= 15 is 0 Å². The average Bonchev–Trinajstić information content (AvgIpc) is 2.67. The van der Waals surface area contributed by atoms with Crippen LogP contribution < -0.4 is 5.32 Å². The summed E-state index contributed by atoms with van der Waals surface area (Å²) in [6, 6.07) is 9.34. The van der Waals surface area contributed by atoms with Crippen LogP contribution in [0.1, 0.15) is 44.1 Å². The third-order valence-electron chi connectivity index (χ3n) is 4.55. The minimum Gasteiger partial charge on any atom is -0.469 e. The van der Waals surface area contributed by atoms with E-state index < -0.39 is 26.3 Å². The monoisotopic (exact) mass is 397 g/mol. The van der Waals surface area contributed by atoms with Crippen molar-refractivity contribution in [3.05, 3.63) is 35.9 Å². The van der Waals surface area contributed by atoms with Gasteiger partial charge in [0.25, 0.3) is 0 Å². The summed E-state index contributed by atoms with van der Waals surface area (Å²) in [6.07, 6.45) is 4.49. The van der Waals surface area contributed by atoms with Crippen LogP contribution in [0.2, 0.25) is 0 Å². The summed E-state index contributed by atoms with van der Waals surface area (Å²) in [5, 5.41) is 2.65. The second kappa shape index (κ2) is 11.8. The number of nitrogens with one attached hydrogen (secondary N) is 1. The first-order valence-electron chi connectivity index (χ1n) is 9.30. The summed E-state index contributed by atoms with van der Waals surface area (Å²) < 4.78 is 27.3. The minimum absolute atomic E-state index is 0.139. The number of esters is 1. The number of amides is 1. The highest BCUT2D eigenvalue weighted by Gasteiger charge is 2.24. The van der Waals surface area contributed by atoms with Gasteiger partial charge in [-0.25, -0.2) is 4.79 Å². The number of alkyl carbamates (subject to hydrolysis) is 1. The van der Waals surface area contributed by atoms with E-state index in [-0.39, 0.29) is 12.8 Å². The first-order chi connectivity index (χ1) is 13.1. The number of benzene rings is 1. The Hall–Kier alpha value is -1.85. The van der Waals surface area contributed by atoms with E-state index in [9.17, 15) is 14.2 Å². The fourth-order valence-corrected chi connectivity index (χ4v) is 4.08. The van der Waals surface area contributed by atoms with Gasteiger partial charge in [0.2, 0.25) is 8.03 Å². The number of rotatable bonds is 9. The van der Waals surface area contributed by atoms with Crippen molar-refractivity contribution in [2.75, 3.05) is 13.3 Å². The second-order valence-corrected chi connectivity index (χ2v) is 8.01. The molecule has 27 heavy (non-hydrogen) atoms. The lowest BCUT2D eigenvalue weighted by molar-refractivity contribution is -0.137. The molecule has 0 spiro atoms. The predicted molar refractivity (Wildman–Crippen MR) is 102 cm³/mol. The maximum Gasteiger partial charge on any atom is 0.409 e. The molecule has 1 aromatic rings. The Morgan fingerprint density at radius 1 is 1.19 bits per heavy atom. The fourth-order valence-electron chi connectivity index (χ4n) is 3.15. The highest BCUT2D eigenvalue weighted by molar-refractivity contribution is 7.40. The molecule has 150 valence electrons. The SMILES string of the molecule is COC(=O)C[PH](=O)OC(CC1CCCCC1)NC(=O)OCc1ccccc1. The van der Waals surface area contributed by atoms with E-state index in [4.69, 9.17) is 9.26 Å². The largest absolute Gasteiger partial charge is 0.469 e. The summed E-state index contributed by atoms with van der Waals surface area (Å²) in [5.41, 5.74) is 0.872. The van der Waals surface area contributed by atoms with E-state index in [2.05, 4.69) is 10.1 Å². The average molecular weight is 397 g/mol. The van der Waals surface area contributed by atoms with Crippen molar-refractivity contribution < 1.29 is 28.2 Å². The smallest absolute Gasteiger partial charge is 0.409 e. The first-order valence-corrected chi connectivity index (χ1v) is 10.8. The summed E-state index contributed by atoms with van der Waals surface area (Å²) in [7, 11) is -1.42. The third-order valence-corrected chi connectivity index (χ3v) is 5.68. The van der Waals surface area contributed by atoms with Crippen molar-refractivity contribution in [1.29, 1.82) is 0 Å². The van der Waals surface area contributed by atoms with Gasteiger partial charge in [0, 0.05) is 0 Å². The van der Waals surface area contributed by atoms with Crippen LogP contribution in [0, 0.1) is 5.92 Å². The van der Waals surface area contributed by atoms with Crippen LogP contribution in [0.4, 0.5) is 4.79 Å². The molecule has 2 atom stereocenters. The number of ether oxygens (including phenoxy) is 2. The molecule has 0 heterocycles. The maximum atomic E-state index is 12.1. The van der Waals surface area contributed by atoms with Gasteiger partial charge in [-0.3, -0.25) is 14.7 Å². The number of hydrogen-bond acceptors (Lipinski definition) is 6. The van der Waals surface area contributed by atoms with Gasteiger partial charge in [-0.15, -0.1) is 0 Å². The van der Waals surface area contributed by atoms with E-state index in [1.54, 1.807) is 0 Å². The molecule has 0 aromatic heterocycles. The predicted octanol–water partition coefficient (Wildman–Crippen LogP) is 3.87. The molecule has 1 amide bonds. The topological polar surface area (TPSA) is 90.9 Å². The second-order valence-electron chi connectivity index (χ2n) is 6.68. The molecule has 2 rings (SSSR count). The van der Waals surface area contributed by atoms with Crippen molar-refractivity contribution in [3.63, 3.8) is 0 Å². The Kier molecular flexibility index (Phi) is 9.36. The zero-order valence-electron chi connectivity index (χ0n) is 15.6. The molecule has 0 saturated heterocycles. The van der Waals surface area contributed by atoms with Crippen LogP contribution >= 0.6 is 8.03 Å². The number of methoxy groups -OCH3 is 1. The van der Waals surface area contributed by atoms with Gasteiger partial charge in [0.05, 0.1) is 7.11 Å². The Morgan fingerprint density at radius 3 is 2.56 bits per heavy atom. The normalized spacial score (nSPS) is 16.9. The van der Waals surface area contributed by atoms with Crippen LogP contribution in [0.5, 0.6) is 0 Å². The van der Waals surface area contributed by atoms with Crippen LogP contribution in [0.15, 0.2) is 30.3 Å². The van der Waals surface area contributed by atoms with Crippen molar-refractivity contribution >= 4 is 20.1 Å². The molecule has 1 saturated carbocycles.